The van der Waals surface area contributed by atoms with Crippen molar-refractivity contribution in [3.8, 4) is 11.3 Å². The van der Waals surface area contributed by atoms with Gasteiger partial charge < -0.3 is 5.73 Å². The monoisotopic (exact) mass is 317 g/mol. The summed E-state index contributed by atoms with van der Waals surface area (Å²) >= 11 is 0. The Morgan fingerprint density at radius 1 is 1.00 bits per heavy atom. The highest BCUT2D eigenvalue weighted by molar-refractivity contribution is 7.90. The van der Waals surface area contributed by atoms with E-state index in [0.717, 1.165) is 16.2 Å². The molecule has 22 heavy (non-hydrogen) atoms. The zero-order valence-corrected chi connectivity index (χ0v) is 12.2. The average Bonchev–Trinajstić information content (AvgIpc) is 2.91. The first-order valence-corrected chi connectivity index (χ1v) is 7.84. The number of halogens is 1. The Balaban J connectivity index is 2.18. The van der Waals surface area contributed by atoms with Crippen LogP contribution in [0.4, 0.5) is 10.2 Å². The first kappa shape index (κ1) is 14.3. The van der Waals surface area contributed by atoms with Crippen LogP contribution in [-0.4, -0.2) is 17.6 Å². The minimum Gasteiger partial charge on any atom is -0.382 e. The van der Waals surface area contributed by atoms with Crippen LogP contribution in [0.3, 0.4) is 0 Å². The van der Waals surface area contributed by atoms with Gasteiger partial charge >= 0.3 is 0 Å². The van der Waals surface area contributed by atoms with Crippen molar-refractivity contribution in [3.63, 3.8) is 0 Å². The van der Waals surface area contributed by atoms with Crippen molar-refractivity contribution >= 4 is 15.8 Å². The number of nitrogen functional groups attached to an aromatic ring is 1. The molecule has 2 aromatic carbocycles. The van der Waals surface area contributed by atoms with Gasteiger partial charge in [-0.2, -0.15) is 12.5 Å². The molecule has 0 fully saturated rings. The van der Waals surface area contributed by atoms with Gasteiger partial charge in [0.2, 0.25) is 0 Å². The lowest BCUT2D eigenvalue weighted by molar-refractivity contribution is 0.580. The summed E-state index contributed by atoms with van der Waals surface area (Å²) in [6.45, 7) is 0. The Labute approximate surface area is 126 Å². The maximum atomic E-state index is 13.0. The van der Waals surface area contributed by atoms with Crippen LogP contribution in [0, 0.1) is 5.82 Å². The molecule has 0 saturated carbocycles. The minimum absolute atomic E-state index is 0.0609. The molecular weight excluding hydrogens is 305 g/mol. The molecule has 0 aliphatic heterocycles. The fraction of sp³-hybridized carbons (Fsp3) is 0. The number of hydrogen-bond acceptors (Lipinski definition) is 4. The van der Waals surface area contributed by atoms with E-state index in [9.17, 15) is 12.8 Å². The van der Waals surface area contributed by atoms with E-state index in [2.05, 4.69) is 5.10 Å². The molecule has 3 aromatic rings. The summed E-state index contributed by atoms with van der Waals surface area (Å²) in [6, 6.07) is 14.9. The molecule has 2 N–H and O–H groups in total. The summed E-state index contributed by atoms with van der Waals surface area (Å²) in [5.41, 5.74) is 6.67. The third-order valence-electron chi connectivity index (χ3n) is 3.11. The highest BCUT2D eigenvalue weighted by Crippen LogP contribution is 2.25. The molecule has 0 spiro atoms. The van der Waals surface area contributed by atoms with E-state index in [4.69, 9.17) is 5.73 Å². The number of aromatic nitrogens is 2. The van der Waals surface area contributed by atoms with Crippen molar-refractivity contribution < 1.29 is 12.8 Å². The van der Waals surface area contributed by atoms with Gasteiger partial charge in [0.05, 0.1) is 10.6 Å². The van der Waals surface area contributed by atoms with Crippen LogP contribution in [0.1, 0.15) is 0 Å². The van der Waals surface area contributed by atoms with Gasteiger partial charge in [0, 0.05) is 11.6 Å². The Kier molecular flexibility index (Phi) is 3.42. The SMILES string of the molecule is Nc1cc(-c2ccccc2)n(S(=O)(=O)c2ccc(F)cc2)n1. The Hall–Kier alpha value is -2.67. The number of rotatable bonds is 3. The lowest BCUT2D eigenvalue weighted by Crippen LogP contribution is -2.16. The molecule has 112 valence electrons. The second-order valence-electron chi connectivity index (χ2n) is 4.62. The van der Waals surface area contributed by atoms with E-state index in [1.807, 2.05) is 6.07 Å². The lowest BCUT2D eigenvalue weighted by Gasteiger charge is -2.08. The molecule has 0 bridgehead atoms. The molecule has 0 saturated heterocycles. The average molecular weight is 317 g/mol. The smallest absolute Gasteiger partial charge is 0.283 e. The summed E-state index contributed by atoms with van der Waals surface area (Å²) in [6.07, 6.45) is 0. The largest absolute Gasteiger partial charge is 0.382 e. The molecule has 0 aliphatic carbocycles. The quantitative estimate of drug-likeness (QED) is 0.805. The predicted octanol–water partition coefficient (Wildman–Crippen LogP) is 2.51. The molecule has 3 rings (SSSR count). The van der Waals surface area contributed by atoms with Crippen molar-refractivity contribution in [1.29, 1.82) is 0 Å². The van der Waals surface area contributed by atoms with Gasteiger partial charge in [-0.1, -0.05) is 30.3 Å². The first-order valence-electron chi connectivity index (χ1n) is 6.40. The number of nitrogens with two attached hydrogens (primary N) is 1. The normalized spacial score (nSPS) is 11.5. The second kappa shape index (κ2) is 5.27. The maximum Gasteiger partial charge on any atom is 0.283 e. The van der Waals surface area contributed by atoms with Gasteiger partial charge in [-0.25, -0.2) is 4.39 Å². The Bertz CT molecular complexity index is 904. The molecule has 0 radical (unpaired) electrons. The van der Waals surface area contributed by atoms with Crippen molar-refractivity contribution in [2.24, 2.45) is 0 Å². The number of hydrogen-bond donors (Lipinski definition) is 1. The third kappa shape index (κ3) is 2.46. The van der Waals surface area contributed by atoms with Crippen LogP contribution in [0.15, 0.2) is 65.6 Å². The van der Waals surface area contributed by atoms with Crippen LogP contribution in [0.2, 0.25) is 0 Å². The van der Waals surface area contributed by atoms with Crippen molar-refractivity contribution in [3.05, 3.63) is 66.5 Å². The Morgan fingerprint density at radius 3 is 2.27 bits per heavy atom. The van der Waals surface area contributed by atoms with E-state index < -0.39 is 15.8 Å². The van der Waals surface area contributed by atoms with Gasteiger partial charge in [-0.05, 0) is 24.3 Å². The highest BCUT2D eigenvalue weighted by atomic mass is 32.2. The van der Waals surface area contributed by atoms with Gasteiger partial charge in [0.25, 0.3) is 10.0 Å². The fourth-order valence-electron chi connectivity index (χ4n) is 2.08. The summed E-state index contributed by atoms with van der Waals surface area (Å²) in [5.74, 6) is -0.424. The van der Waals surface area contributed by atoms with Gasteiger partial charge in [-0.3, -0.25) is 0 Å². The molecule has 0 atom stereocenters. The minimum atomic E-state index is -3.95. The zero-order valence-electron chi connectivity index (χ0n) is 11.3. The number of nitrogens with zero attached hydrogens (tertiary/aromatic N) is 2. The highest BCUT2D eigenvalue weighted by Gasteiger charge is 2.23. The van der Waals surface area contributed by atoms with Crippen LogP contribution < -0.4 is 5.73 Å². The van der Waals surface area contributed by atoms with Gasteiger partial charge in [0.1, 0.15) is 11.6 Å². The van der Waals surface area contributed by atoms with Crippen LogP contribution in [0.5, 0.6) is 0 Å². The predicted molar refractivity (Wildman–Crippen MR) is 81.1 cm³/mol. The number of anilines is 1. The standard InChI is InChI=1S/C15H12FN3O2S/c16-12-6-8-13(9-7-12)22(20,21)19-14(10-15(17)18-19)11-4-2-1-3-5-11/h1-10H,(H2,17,18). The summed E-state index contributed by atoms with van der Waals surface area (Å²) < 4.78 is 39.2. The van der Waals surface area contributed by atoms with Crippen molar-refractivity contribution in [2.75, 3.05) is 5.73 Å². The molecule has 1 heterocycles. The molecule has 0 aliphatic rings. The molecule has 0 unspecified atom stereocenters. The van der Waals surface area contributed by atoms with Crippen molar-refractivity contribution in [2.45, 2.75) is 4.90 Å². The molecular formula is C15H12FN3O2S. The third-order valence-corrected chi connectivity index (χ3v) is 4.71. The Morgan fingerprint density at radius 2 is 1.64 bits per heavy atom. The zero-order chi connectivity index (χ0) is 15.7. The second-order valence-corrected chi connectivity index (χ2v) is 6.39. The van der Waals surface area contributed by atoms with E-state index in [0.29, 0.717) is 11.3 Å². The number of benzene rings is 2. The van der Waals surface area contributed by atoms with E-state index in [-0.39, 0.29) is 10.7 Å². The fourth-order valence-corrected chi connectivity index (χ4v) is 3.37. The molecule has 0 amide bonds. The van der Waals surface area contributed by atoms with Crippen molar-refractivity contribution in [1.82, 2.24) is 9.19 Å². The molecule has 1 aromatic heterocycles. The van der Waals surface area contributed by atoms with Crippen LogP contribution in [-0.2, 0) is 10.0 Å². The van der Waals surface area contributed by atoms with Crippen LogP contribution in [0.25, 0.3) is 11.3 Å². The van der Waals surface area contributed by atoms with E-state index in [1.165, 1.54) is 18.2 Å². The summed E-state index contributed by atoms with van der Waals surface area (Å²) in [7, 11) is -3.95. The molecule has 5 nitrogen and oxygen atoms in total. The summed E-state index contributed by atoms with van der Waals surface area (Å²) in [5, 5.41) is 3.87. The van der Waals surface area contributed by atoms with Crippen LogP contribution >= 0.6 is 0 Å². The summed E-state index contributed by atoms with van der Waals surface area (Å²) in [4.78, 5) is -0.0609. The lowest BCUT2D eigenvalue weighted by atomic mass is 10.2. The van der Waals surface area contributed by atoms with Gasteiger partial charge in [0.15, 0.2) is 0 Å². The first-order chi connectivity index (χ1) is 10.5. The van der Waals surface area contributed by atoms with E-state index in [1.54, 1.807) is 24.3 Å². The maximum absolute atomic E-state index is 13.0. The van der Waals surface area contributed by atoms with E-state index >= 15 is 0 Å². The topological polar surface area (TPSA) is 78.0 Å². The van der Waals surface area contributed by atoms with Gasteiger partial charge in [-0.15, -0.1) is 5.10 Å². The molecule has 7 heteroatoms.